The van der Waals surface area contributed by atoms with E-state index in [1.165, 1.54) is 37.7 Å². The molecule has 13 heteroatoms. The lowest BCUT2D eigenvalue weighted by molar-refractivity contribution is -0.147. The summed E-state index contributed by atoms with van der Waals surface area (Å²) in [6, 6.07) is 14.9. The quantitative estimate of drug-likeness (QED) is 0.110. The molecule has 1 amide bonds. The van der Waals surface area contributed by atoms with E-state index in [4.69, 9.17) is 25.7 Å². The summed E-state index contributed by atoms with van der Waals surface area (Å²) >= 11 is 2.34. The van der Waals surface area contributed by atoms with Crippen LogP contribution in [0.2, 0.25) is 0 Å². The van der Waals surface area contributed by atoms with Gasteiger partial charge in [-0.1, -0.05) is 66.0 Å². The number of thioether (sulfide) groups is 2. The van der Waals surface area contributed by atoms with Crippen molar-refractivity contribution in [3.05, 3.63) is 81.1 Å². The van der Waals surface area contributed by atoms with Gasteiger partial charge in [0.2, 0.25) is 0 Å². The Morgan fingerprint density at radius 1 is 0.925 bits per heavy atom. The minimum Gasteiger partial charge on any atom is -0.465 e. The Hall–Kier alpha value is -3.97. The minimum absolute atomic E-state index is 0.0569. The molecule has 2 aromatic rings. The normalized spacial score (nSPS) is 13.8. The Morgan fingerprint density at radius 3 is 2.08 bits per heavy atom. The van der Waals surface area contributed by atoms with Gasteiger partial charge in [-0.05, 0) is 36.1 Å². The molecule has 0 saturated heterocycles. The molecule has 0 aromatic heterocycles. The molecule has 0 aliphatic carbocycles. The number of hydrogen-bond donors (Lipinski definition) is 3. The number of amides is 1. The smallest absolute Gasteiger partial charge is 0.345 e. The topological polar surface area (TPSA) is 172 Å². The lowest BCUT2D eigenvalue weighted by Gasteiger charge is -2.18. The van der Waals surface area contributed by atoms with Crippen LogP contribution in [0.25, 0.3) is 0 Å². The predicted molar refractivity (Wildman–Crippen MR) is 153 cm³/mol. The summed E-state index contributed by atoms with van der Waals surface area (Å²) in [4.78, 5) is 54.4. The average molecular weight is 587 g/mol. The Morgan fingerprint density at radius 2 is 1.52 bits per heavy atom. The maximum Gasteiger partial charge on any atom is 0.345 e. The third-order valence-electron chi connectivity index (χ3n) is 5.60. The van der Waals surface area contributed by atoms with Crippen LogP contribution in [-0.4, -0.2) is 56.6 Å². The number of carbonyl (C=O) groups is 4. The molecule has 1 atom stereocenters. The third kappa shape index (κ3) is 8.52. The van der Waals surface area contributed by atoms with Gasteiger partial charge in [0.15, 0.2) is 5.96 Å². The SMILES string of the molecule is COC(=O)C1=C(C(=O)OC)SC(c2ccc(C(=O)N[C@@H](CCCN=C(N)N)C(=O)OCc3ccccc3)cc2)S1. The van der Waals surface area contributed by atoms with Crippen LogP contribution in [0.5, 0.6) is 0 Å². The van der Waals surface area contributed by atoms with E-state index in [2.05, 4.69) is 10.3 Å². The van der Waals surface area contributed by atoms with Crippen LogP contribution in [0, 0.1) is 0 Å². The molecular weight excluding hydrogens is 556 g/mol. The number of methoxy groups -OCH3 is 2. The maximum atomic E-state index is 13.0. The molecule has 0 saturated carbocycles. The first-order chi connectivity index (χ1) is 19.2. The monoisotopic (exact) mass is 586 g/mol. The van der Waals surface area contributed by atoms with Crippen LogP contribution >= 0.6 is 23.5 Å². The molecule has 0 fully saturated rings. The molecule has 0 spiro atoms. The van der Waals surface area contributed by atoms with Gasteiger partial charge in [-0.25, -0.2) is 14.4 Å². The summed E-state index contributed by atoms with van der Waals surface area (Å²) in [5.41, 5.74) is 12.6. The van der Waals surface area contributed by atoms with Crippen molar-refractivity contribution in [2.45, 2.75) is 30.1 Å². The largest absolute Gasteiger partial charge is 0.465 e. The van der Waals surface area contributed by atoms with Crippen LogP contribution in [0.3, 0.4) is 0 Å². The molecule has 40 heavy (non-hydrogen) atoms. The number of esters is 3. The highest BCUT2D eigenvalue weighted by Crippen LogP contribution is 2.55. The van der Waals surface area contributed by atoms with E-state index in [-0.39, 0.29) is 33.4 Å². The number of ether oxygens (including phenoxy) is 3. The zero-order valence-corrected chi connectivity index (χ0v) is 23.6. The minimum atomic E-state index is -0.916. The molecule has 1 heterocycles. The molecular formula is C27H30N4O7S2. The zero-order valence-electron chi connectivity index (χ0n) is 22.0. The van der Waals surface area contributed by atoms with Gasteiger partial charge in [-0.2, -0.15) is 0 Å². The van der Waals surface area contributed by atoms with Gasteiger partial charge in [0.05, 0.1) is 18.8 Å². The highest BCUT2D eigenvalue weighted by Gasteiger charge is 2.36. The summed E-state index contributed by atoms with van der Waals surface area (Å²) in [6.45, 7) is 0.363. The van der Waals surface area contributed by atoms with Crippen molar-refractivity contribution in [1.82, 2.24) is 5.32 Å². The highest BCUT2D eigenvalue weighted by molar-refractivity contribution is 8.23. The van der Waals surface area contributed by atoms with E-state index in [9.17, 15) is 19.2 Å². The first-order valence-corrected chi connectivity index (χ1v) is 13.9. The molecule has 5 N–H and O–H groups in total. The summed E-state index contributed by atoms with van der Waals surface area (Å²) in [6.07, 6.45) is 0.707. The van der Waals surface area contributed by atoms with Crippen LogP contribution < -0.4 is 16.8 Å². The van der Waals surface area contributed by atoms with Crippen molar-refractivity contribution in [2.24, 2.45) is 16.5 Å². The molecule has 2 aromatic carbocycles. The third-order valence-corrected chi connectivity index (χ3v) is 8.49. The predicted octanol–water partition coefficient (Wildman–Crippen LogP) is 2.62. The first kappa shape index (κ1) is 30.6. The Balaban J connectivity index is 1.67. The molecule has 0 bridgehead atoms. The van der Waals surface area contributed by atoms with Crippen molar-refractivity contribution in [2.75, 3.05) is 20.8 Å². The molecule has 0 unspecified atom stereocenters. The van der Waals surface area contributed by atoms with Gasteiger partial charge in [0.25, 0.3) is 5.91 Å². The van der Waals surface area contributed by atoms with E-state index >= 15 is 0 Å². The number of nitrogens with zero attached hydrogens (tertiary/aromatic N) is 1. The van der Waals surface area contributed by atoms with Crippen molar-refractivity contribution >= 4 is 53.3 Å². The zero-order chi connectivity index (χ0) is 29.1. The fourth-order valence-electron chi connectivity index (χ4n) is 3.56. The Labute approximate surface area is 240 Å². The van der Waals surface area contributed by atoms with Crippen molar-refractivity contribution in [3.63, 3.8) is 0 Å². The fourth-order valence-corrected chi connectivity index (χ4v) is 6.38. The van der Waals surface area contributed by atoms with Gasteiger partial charge < -0.3 is 31.0 Å². The number of aliphatic imine (C=N–C) groups is 1. The maximum absolute atomic E-state index is 13.0. The lowest BCUT2D eigenvalue weighted by Crippen LogP contribution is -2.42. The number of carbonyl (C=O) groups excluding carboxylic acids is 4. The van der Waals surface area contributed by atoms with Crippen molar-refractivity contribution < 1.29 is 33.4 Å². The number of hydrogen-bond acceptors (Lipinski definition) is 10. The summed E-state index contributed by atoms with van der Waals surface area (Å²) in [5.74, 6) is -2.35. The molecule has 3 rings (SSSR count). The van der Waals surface area contributed by atoms with E-state index in [1.54, 1.807) is 24.3 Å². The average Bonchev–Trinajstić information content (AvgIpc) is 3.42. The van der Waals surface area contributed by atoms with E-state index < -0.39 is 29.9 Å². The summed E-state index contributed by atoms with van der Waals surface area (Å²) < 4.78 is 14.7. The van der Waals surface area contributed by atoms with Crippen LogP contribution in [0.1, 0.15) is 38.9 Å². The van der Waals surface area contributed by atoms with Gasteiger partial charge in [0, 0.05) is 12.1 Å². The van der Waals surface area contributed by atoms with E-state index in [0.717, 1.165) is 11.1 Å². The first-order valence-electron chi connectivity index (χ1n) is 12.1. The fraction of sp³-hybridized carbons (Fsp3) is 0.296. The second kappa shape index (κ2) is 15.0. The molecule has 212 valence electrons. The Kier molecular flexibility index (Phi) is 11.5. The Bertz CT molecular complexity index is 1250. The second-order valence-corrected chi connectivity index (χ2v) is 10.9. The van der Waals surface area contributed by atoms with E-state index in [0.29, 0.717) is 18.5 Å². The molecule has 0 radical (unpaired) electrons. The van der Waals surface area contributed by atoms with Gasteiger partial charge >= 0.3 is 17.9 Å². The number of guanidine groups is 1. The van der Waals surface area contributed by atoms with E-state index in [1.807, 2.05) is 30.3 Å². The number of nitrogens with one attached hydrogen (secondary N) is 1. The second-order valence-electron chi connectivity index (χ2n) is 8.40. The number of benzene rings is 2. The van der Waals surface area contributed by atoms with Gasteiger partial charge in [-0.3, -0.25) is 9.79 Å². The molecule has 11 nitrogen and oxygen atoms in total. The lowest BCUT2D eigenvalue weighted by atomic mass is 10.1. The summed E-state index contributed by atoms with van der Waals surface area (Å²) in [5, 5.41) is 2.74. The van der Waals surface area contributed by atoms with Gasteiger partial charge in [0.1, 0.15) is 22.5 Å². The van der Waals surface area contributed by atoms with Gasteiger partial charge in [-0.15, -0.1) is 0 Å². The standard InChI is InChI=1S/C27H30N4O7S2/c1-36-24(34)20-21(25(35)37-2)40-26(39-20)18-12-10-17(11-13-18)22(32)31-19(9-6-14-30-27(28)29)23(33)38-15-16-7-4-3-5-8-16/h3-5,7-8,10-13,19,26H,6,9,14-15H2,1-2H3,(H,31,32)(H4,28,29,30)/t19-/m0/s1. The van der Waals surface area contributed by atoms with Crippen molar-refractivity contribution in [1.29, 1.82) is 0 Å². The number of nitrogens with two attached hydrogens (primary N) is 2. The highest BCUT2D eigenvalue weighted by atomic mass is 32.2. The summed E-state index contributed by atoms with van der Waals surface area (Å²) in [7, 11) is 2.48. The van der Waals surface area contributed by atoms with Crippen molar-refractivity contribution in [3.8, 4) is 0 Å². The van der Waals surface area contributed by atoms with Crippen LogP contribution in [0.15, 0.2) is 69.4 Å². The number of rotatable bonds is 12. The van der Waals surface area contributed by atoms with Crippen LogP contribution in [-0.2, 0) is 35.2 Å². The molecule has 1 aliphatic heterocycles. The molecule has 1 aliphatic rings. The van der Waals surface area contributed by atoms with Crippen LogP contribution in [0.4, 0.5) is 0 Å².